The summed E-state index contributed by atoms with van der Waals surface area (Å²) in [5.74, 6) is -0.510. The number of benzene rings is 3. The molecule has 0 N–H and O–H groups in total. The van der Waals surface area contributed by atoms with Gasteiger partial charge in [-0.1, -0.05) is 31.2 Å². The molecule has 3 aromatic rings. The summed E-state index contributed by atoms with van der Waals surface area (Å²) < 4.78 is 33.7. The minimum absolute atomic E-state index is 0.00183. The van der Waals surface area contributed by atoms with Crippen LogP contribution < -0.4 is 9.80 Å². The van der Waals surface area contributed by atoms with E-state index in [0.29, 0.717) is 6.61 Å². The summed E-state index contributed by atoms with van der Waals surface area (Å²) in [6, 6.07) is 17.6. The molecular weight excluding hydrogens is 446 g/mol. The lowest BCUT2D eigenvalue weighted by atomic mass is 9.76. The van der Waals surface area contributed by atoms with Crippen molar-refractivity contribution in [1.82, 2.24) is 0 Å². The number of ether oxygens (including phenoxy) is 1. The average molecular weight is 477 g/mol. The molecule has 5 rings (SSSR count). The summed E-state index contributed by atoms with van der Waals surface area (Å²) in [5, 5.41) is 0. The molecule has 0 bridgehead atoms. The predicted octanol–water partition coefficient (Wildman–Crippen LogP) is 6.83. The van der Waals surface area contributed by atoms with Gasteiger partial charge in [0.2, 0.25) is 0 Å². The number of hydrogen-bond donors (Lipinski definition) is 0. The lowest BCUT2D eigenvalue weighted by Crippen LogP contribution is -2.38. The number of anilines is 2. The zero-order valence-corrected chi connectivity index (χ0v) is 20.1. The number of carbonyl (C=O) groups excluding carboxylic acids is 1. The van der Waals surface area contributed by atoms with Gasteiger partial charge in [0, 0.05) is 43.3 Å². The van der Waals surface area contributed by atoms with Crippen LogP contribution in [-0.4, -0.2) is 32.8 Å². The highest BCUT2D eigenvalue weighted by Crippen LogP contribution is 2.50. The lowest BCUT2D eigenvalue weighted by molar-refractivity contribution is 0.155. The van der Waals surface area contributed by atoms with Crippen LogP contribution in [0.4, 0.5) is 25.0 Å². The fraction of sp³-hybridized carbons (Fsp3) is 0.345. The minimum Gasteiger partial charge on any atom is -0.449 e. The quantitative estimate of drug-likeness (QED) is 0.405. The Morgan fingerprint density at radius 2 is 1.49 bits per heavy atom. The Bertz CT molecular complexity index is 1170. The van der Waals surface area contributed by atoms with E-state index in [9.17, 15) is 13.6 Å². The van der Waals surface area contributed by atoms with Gasteiger partial charge in [-0.25, -0.2) is 13.6 Å². The van der Waals surface area contributed by atoms with Crippen LogP contribution in [0.15, 0.2) is 60.7 Å². The molecule has 2 aliphatic rings. The van der Waals surface area contributed by atoms with E-state index in [-0.39, 0.29) is 23.5 Å². The maximum Gasteiger partial charge on any atom is 0.414 e. The first-order chi connectivity index (χ1) is 17.0. The third-order valence-electron chi connectivity index (χ3n) is 7.19. The van der Waals surface area contributed by atoms with Gasteiger partial charge < -0.3 is 9.64 Å². The molecule has 0 saturated carbocycles. The molecular formula is C29H30F2N2O2. The molecule has 4 nitrogen and oxygen atoms in total. The van der Waals surface area contributed by atoms with Gasteiger partial charge in [-0.2, -0.15) is 0 Å². The molecule has 2 heterocycles. The second-order valence-electron chi connectivity index (χ2n) is 9.43. The molecule has 0 radical (unpaired) electrons. The summed E-state index contributed by atoms with van der Waals surface area (Å²) in [4.78, 5) is 16.7. The number of nitrogens with zero attached hydrogens (tertiary/aromatic N) is 2. The zero-order valence-electron chi connectivity index (χ0n) is 20.1. The van der Waals surface area contributed by atoms with E-state index in [4.69, 9.17) is 4.74 Å². The first-order valence-electron chi connectivity index (χ1n) is 12.3. The Hall–Kier alpha value is -3.41. The van der Waals surface area contributed by atoms with Gasteiger partial charge in [-0.05, 0) is 77.9 Å². The zero-order chi connectivity index (χ0) is 24.5. The van der Waals surface area contributed by atoms with E-state index < -0.39 is 6.09 Å². The van der Waals surface area contributed by atoms with E-state index in [1.807, 2.05) is 31.2 Å². The molecule has 35 heavy (non-hydrogen) atoms. The SMILES string of the molecule is CCCOC(=O)N(C)c1cc2c3c(c1)C(c1cccc(F)c1)CCN3CCC2c1cccc(F)c1. The smallest absolute Gasteiger partial charge is 0.414 e. The molecule has 0 aromatic heterocycles. The van der Waals surface area contributed by atoms with Gasteiger partial charge in [0.15, 0.2) is 0 Å². The highest BCUT2D eigenvalue weighted by molar-refractivity contribution is 5.88. The Morgan fingerprint density at radius 1 is 0.943 bits per heavy atom. The van der Waals surface area contributed by atoms with Crippen LogP contribution in [0, 0.1) is 11.6 Å². The van der Waals surface area contributed by atoms with Crippen LogP contribution in [0.3, 0.4) is 0 Å². The van der Waals surface area contributed by atoms with Crippen LogP contribution in [0.2, 0.25) is 0 Å². The first-order valence-corrected chi connectivity index (χ1v) is 12.3. The molecule has 2 atom stereocenters. The second-order valence-corrected chi connectivity index (χ2v) is 9.43. The third kappa shape index (κ3) is 4.49. The summed E-state index contributed by atoms with van der Waals surface area (Å²) in [5.41, 5.74) is 5.86. The molecule has 6 heteroatoms. The fourth-order valence-electron chi connectivity index (χ4n) is 5.50. The largest absolute Gasteiger partial charge is 0.449 e. The molecule has 3 aromatic carbocycles. The van der Waals surface area contributed by atoms with Crippen LogP contribution in [0.1, 0.15) is 60.3 Å². The number of halogens is 2. The number of carbonyl (C=O) groups is 1. The van der Waals surface area contributed by atoms with Gasteiger partial charge in [0.05, 0.1) is 6.61 Å². The third-order valence-corrected chi connectivity index (χ3v) is 7.19. The monoisotopic (exact) mass is 476 g/mol. The first kappa shape index (κ1) is 23.3. The molecule has 182 valence electrons. The second kappa shape index (κ2) is 9.68. The summed E-state index contributed by atoms with van der Waals surface area (Å²) in [6.07, 6.45) is 2.04. The van der Waals surface area contributed by atoms with Gasteiger partial charge in [0.1, 0.15) is 11.6 Å². The van der Waals surface area contributed by atoms with E-state index in [1.54, 1.807) is 31.3 Å². The lowest BCUT2D eigenvalue weighted by Gasteiger charge is -2.43. The van der Waals surface area contributed by atoms with Crippen LogP contribution >= 0.6 is 0 Å². The van der Waals surface area contributed by atoms with Crippen molar-refractivity contribution in [3.63, 3.8) is 0 Å². The molecule has 0 saturated heterocycles. The van der Waals surface area contributed by atoms with E-state index in [1.165, 1.54) is 17.0 Å². The van der Waals surface area contributed by atoms with Crippen molar-refractivity contribution in [3.05, 3.63) is 94.6 Å². The van der Waals surface area contributed by atoms with Crippen molar-refractivity contribution in [1.29, 1.82) is 0 Å². The molecule has 2 aliphatic heterocycles. The summed E-state index contributed by atoms with van der Waals surface area (Å²) >= 11 is 0. The van der Waals surface area contributed by atoms with Crippen molar-refractivity contribution in [3.8, 4) is 0 Å². The fourth-order valence-corrected chi connectivity index (χ4v) is 5.50. The van der Waals surface area contributed by atoms with Crippen molar-refractivity contribution >= 4 is 17.5 Å². The minimum atomic E-state index is -0.410. The maximum absolute atomic E-state index is 14.2. The Morgan fingerprint density at radius 3 is 1.97 bits per heavy atom. The van der Waals surface area contributed by atoms with Crippen molar-refractivity contribution in [2.24, 2.45) is 0 Å². The van der Waals surface area contributed by atoms with Crippen molar-refractivity contribution in [2.45, 2.75) is 38.0 Å². The van der Waals surface area contributed by atoms with Crippen LogP contribution in [0.25, 0.3) is 0 Å². The molecule has 0 fully saturated rings. The van der Waals surface area contributed by atoms with Gasteiger partial charge in [-0.3, -0.25) is 4.90 Å². The number of amides is 1. The van der Waals surface area contributed by atoms with Crippen LogP contribution in [0.5, 0.6) is 0 Å². The van der Waals surface area contributed by atoms with E-state index in [0.717, 1.165) is 66.0 Å². The number of rotatable bonds is 5. The Labute approximate surface area is 205 Å². The summed E-state index contributed by atoms with van der Waals surface area (Å²) in [6.45, 7) is 4.04. The van der Waals surface area contributed by atoms with Crippen molar-refractivity contribution in [2.75, 3.05) is 36.5 Å². The highest BCUT2D eigenvalue weighted by atomic mass is 19.1. The maximum atomic E-state index is 14.2. The topological polar surface area (TPSA) is 32.8 Å². The number of hydrogen-bond acceptors (Lipinski definition) is 3. The van der Waals surface area contributed by atoms with E-state index >= 15 is 0 Å². The Kier molecular flexibility index (Phi) is 6.46. The Balaban J connectivity index is 1.67. The normalized spacial score (nSPS) is 18.7. The molecule has 0 aliphatic carbocycles. The van der Waals surface area contributed by atoms with Gasteiger partial charge in [-0.15, -0.1) is 0 Å². The summed E-state index contributed by atoms with van der Waals surface area (Å²) in [7, 11) is 1.71. The van der Waals surface area contributed by atoms with Crippen LogP contribution in [-0.2, 0) is 4.74 Å². The molecule has 0 spiro atoms. The predicted molar refractivity (Wildman–Crippen MR) is 134 cm³/mol. The average Bonchev–Trinajstić information content (AvgIpc) is 2.87. The molecule has 1 amide bonds. The van der Waals surface area contributed by atoms with E-state index in [2.05, 4.69) is 4.90 Å². The van der Waals surface area contributed by atoms with Crippen molar-refractivity contribution < 1.29 is 18.3 Å². The molecule has 2 unspecified atom stereocenters. The van der Waals surface area contributed by atoms with Gasteiger partial charge >= 0.3 is 6.09 Å². The van der Waals surface area contributed by atoms with Gasteiger partial charge in [0.25, 0.3) is 0 Å². The highest BCUT2D eigenvalue weighted by Gasteiger charge is 2.36. The standard InChI is InChI=1S/C29H30F2N2O2/c1-3-14-35-29(34)32(2)23-17-26-24(19-6-4-8-21(30)15-19)10-12-33-13-11-25(27(18-23)28(26)33)20-7-5-9-22(31)16-20/h4-9,15-18,24-25H,3,10-14H2,1-2H3.